The van der Waals surface area contributed by atoms with Gasteiger partial charge in [0.25, 0.3) is 0 Å². The zero-order valence-electron chi connectivity index (χ0n) is 13.3. The quantitative estimate of drug-likeness (QED) is 0.728. The third-order valence-corrected chi connectivity index (χ3v) is 3.46. The molecular formula is C16H13F3N6O. The topological polar surface area (TPSA) is 96.5 Å². The van der Waals surface area contributed by atoms with Crippen molar-refractivity contribution < 1.29 is 18.0 Å². The highest BCUT2D eigenvalue weighted by atomic mass is 19.4. The van der Waals surface area contributed by atoms with Crippen LogP contribution in [0.15, 0.2) is 42.9 Å². The standard InChI is InChI=1S/C16H13F3N6O/c17-16(18,19)11-1-2-12(21-9-11)3-4-13(26)22-15-23-14(24-25-15)10-5-7-20-8-6-10/h1-2,5-9H,3-4H2,(H2,22,23,24,25,26). The first kappa shape index (κ1) is 17.5. The molecule has 0 aliphatic heterocycles. The van der Waals surface area contributed by atoms with Crippen molar-refractivity contribution in [2.75, 3.05) is 5.32 Å². The lowest BCUT2D eigenvalue weighted by Crippen LogP contribution is -2.14. The minimum absolute atomic E-state index is 0.0453. The van der Waals surface area contributed by atoms with E-state index in [-0.39, 0.29) is 24.7 Å². The number of H-pyrrole nitrogens is 1. The van der Waals surface area contributed by atoms with Gasteiger partial charge in [-0.25, -0.2) is 0 Å². The van der Waals surface area contributed by atoms with Gasteiger partial charge < -0.3 is 4.98 Å². The number of carbonyl (C=O) groups excluding carboxylic acids is 1. The van der Waals surface area contributed by atoms with E-state index in [1.807, 2.05) is 0 Å². The Kier molecular flexibility index (Phi) is 4.92. The van der Waals surface area contributed by atoms with Crippen LogP contribution >= 0.6 is 0 Å². The molecule has 2 N–H and O–H groups in total. The molecule has 0 bridgehead atoms. The van der Waals surface area contributed by atoms with Crippen LogP contribution in [0.2, 0.25) is 0 Å². The van der Waals surface area contributed by atoms with Crippen LogP contribution in [0.4, 0.5) is 19.1 Å². The second kappa shape index (κ2) is 7.30. The minimum atomic E-state index is -4.43. The average molecular weight is 362 g/mol. The molecule has 0 saturated heterocycles. The summed E-state index contributed by atoms with van der Waals surface area (Å²) in [5.41, 5.74) is 0.334. The summed E-state index contributed by atoms with van der Waals surface area (Å²) >= 11 is 0. The number of pyridine rings is 2. The molecule has 3 heterocycles. The van der Waals surface area contributed by atoms with Crippen molar-refractivity contribution in [3.05, 3.63) is 54.1 Å². The number of rotatable bonds is 5. The Labute approximate surface area is 145 Å². The fourth-order valence-electron chi connectivity index (χ4n) is 2.13. The molecule has 10 heteroatoms. The first-order valence-electron chi connectivity index (χ1n) is 7.57. The van der Waals surface area contributed by atoms with Crippen molar-refractivity contribution in [3.63, 3.8) is 0 Å². The number of aromatic amines is 1. The molecule has 0 atom stereocenters. The number of aromatic nitrogens is 5. The third-order valence-electron chi connectivity index (χ3n) is 3.46. The molecule has 3 aromatic heterocycles. The molecule has 0 spiro atoms. The number of hydrogen-bond acceptors (Lipinski definition) is 5. The van der Waals surface area contributed by atoms with Crippen LogP contribution in [-0.2, 0) is 17.4 Å². The monoisotopic (exact) mass is 362 g/mol. The van der Waals surface area contributed by atoms with Gasteiger partial charge in [-0.15, -0.1) is 10.2 Å². The summed E-state index contributed by atoms with van der Waals surface area (Å²) in [6.07, 6.45) is -0.217. The molecule has 0 unspecified atom stereocenters. The fraction of sp³-hybridized carbons (Fsp3) is 0.188. The van der Waals surface area contributed by atoms with Crippen LogP contribution in [0.3, 0.4) is 0 Å². The zero-order valence-corrected chi connectivity index (χ0v) is 13.3. The maximum atomic E-state index is 12.5. The van der Waals surface area contributed by atoms with Crippen molar-refractivity contribution in [1.82, 2.24) is 25.1 Å². The van der Waals surface area contributed by atoms with Crippen LogP contribution in [0, 0.1) is 0 Å². The van der Waals surface area contributed by atoms with Crippen LogP contribution in [0.1, 0.15) is 17.7 Å². The Hall–Kier alpha value is -3.30. The molecule has 1 amide bonds. The average Bonchev–Trinajstić information content (AvgIpc) is 3.09. The molecule has 26 heavy (non-hydrogen) atoms. The van der Waals surface area contributed by atoms with Gasteiger partial charge in [0.05, 0.1) is 5.56 Å². The van der Waals surface area contributed by atoms with E-state index in [9.17, 15) is 18.0 Å². The summed E-state index contributed by atoms with van der Waals surface area (Å²) < 4.78 is 37.4. The number of carbonyl (C=O) groups is 1. The molecule has 0 radical (unpaired) electrons. The summed E-state index contributed by atoms with van der Waals surface area (Å²) in [5, 5.41) is 10.3. The molecule has 0 saturated carbocycles. The Morgan fingerprint density at radius 3 is 2.54 bits per heavy atom. The predicted molar refractivity (Wildman–Crippen MR) is 85.8 cm³/mol. The lowest BCUT2D eigenvalue weighted by molar-refractivity contribution is -0.137. The van der Waals surface area contributed by atoms with E-state index in [0.717, 1.165) is 17.8 Å². The van der Waals surface area contributed by atoms with Gasteiger partial charge >= 0.3 is 6.18 Å². The number of nitrogens with one attached hydrogen (secondary N) is 2. The second-order valence-corrected chi connectivity index (χ2v) is 5.34. The maximum Gasteiger partial charge on any atom is 0.417 e. The highest BCUT2D eigenvalue weighted by Gasteiger charge is 2.30. The number of alkyl halides is 3. The van der Waals surface area contributed by atoms with Gasteiger partial charge in [-0.3, -0.25) is 20.1 Å². The van der Waals surface area contributed by atoms with Crippen molar-refractivity contribution >= 4 is 11.9 Å². The summed E-state index contributed by atoms with van der Waals surface area (Å²) in [4.78, 5) is 22.4. The van der Waals surface area contributed by atoms with E-state index in [1.165, 1.54) is 6.07 Å². The summed E-state index contributed by atoms with van der Waals surface area (Å²) in [6.45, 7) is 0. The summed E-state index contributed by atoms with van der Waals surface area (Å²) in [7, 11) is 0. The van der Waals surface area contributed by atoms with E-state index >= 15 is 0 Å². The number of aryl methyl sites for hydroxylation is 1. The van der Waals surface area contributed by atoms with Crippen LogP contribution in [0.5, 0.6) is 0 Å². The van der Waals surface area contributed by atoms with E-state index in [4.69, 9.17) is 0 Å². The lowest BCUT2D eigenvalue weighted by Gasteiger charge is -2.06. The van der Waals surface area contributed by atoms with Gasteiger partial charge in [-0.05, 0) is 30.7 Å². The van der Waals surface area contributed by atoms with Crippen molar-refractivity contribution in [2.45, 2.75) is 19.0 Å². The van der Waals surface area contributed by atoms with Crippen LogP contribution in [0.25, 0.3) is 11.4 Å². The van der Waals surface area contributed by atoms with Gasteiger partial charge in [0.1, 0.15) is 0 Å². The molecule has 0 aromatic carbocycles. The van der Waals surface area contributed by atoms with E-state index < -0.39 is 11.7 Å². The van der Waals surface area contributed by atoms with Crippen molar-refractivity contribution in [1.29, 1.82) is 0 Å². The molecule has 134 valence electrons. The minimum Gasteiger partial charge on any atom is -0.307 e. The molecule has 3 aromatic rings. The van der Waals surface area contributed by atoms with Gasteiger partial charge in [-0.1, -0.05) is 0 Å². The first-order chi connectivity index (χ1) is 12.4. The van der Waals surface area contributed by atoms with Crippen molar-refractivity contribution in [2.24, 2.45) is 0 Å². The van der Waals surface area contributed by atoms with Crippen molar-refractivity contribution in [3.8, 4) is 11.4 Å². The molecular weight excluding hydrogens is 349 g/mol. The smallest absolute Gasteiger partial charge is 0.307 e. The predicted octanol–water partition coefficient (Wildman–Crippen LogP) is 2.85. The summed E-state index contributed by atoms with van der Waals surface area (Å²) in [6, 6.07) is 5.68. The third kappa shape index (κ3) is 4.41. The normalized spacial score (nSPS) is 11.3. The fourth-order valence-corrected chi connectivity index (χ4v) is 2.13. The lowest BCUT2D eigenvalue weighted by atomic mass is 10.2. The van der Waals surface area contributed by atoms with Gasteiger partial charge in [0.2, 0.25) is 11.9 Å². The number of halogens is 3. The van der Waals surface area contributed by atoms with Gasteiger partial charge in [0, 0.05) is 36.3 Å². The Balaban J connectivity index is 1.54. The Morgan fingerprint density at radius 1 is 1.12 bits per heavy atom. The van der Waals surface area contributed by atoms with E-state index in [2.05, 4.69) is 30.5 Å². The van der Waals surface area contributed by atoms with E-state index in [0.29, 0.717) is 11.5 Å². The molecule has 3 rings (SSSR count). The van der Waals surface area contributed by atoms with Gasteiger partial charge in [-0.2, -0.15) is 13.2 Å². The molecule has 7 nitrogen and oxygen atoms in total. The highest BCUT2D eigenvalue weighted by molar-refractivity contribution is 5.89. The zero-order chi connectivity index (χ0) is 18.6. The first-order valence-corrected chi connectivity index (χ1v) is 7.57. The van der Waals surface area contributed by atoms with Crippen LogP contribution < -0.4 is 5.32 Å². The number of amides is 1. The maximum absolute atomic E-state index is 12.5. The second-order valence-electron chi connectivity index (χ2n) is 5.34. The SMILES string of the molecule is O=C(CCc1ccc(C(F)(F)F)cn1)Nc1nnc(-c2ccncc2)[nH]1. The number of hydrogen-bond donors (Lipinski definition) is 2. The van der Waals surface area contributed by atoms with Crippen LogP contribution in [-0.4, -0.2) is 31.1 Å². The number of anilines is 1. The molecule has 0 fully saturated rings. The highest BCUT2D eigenvalue weighted by Crippen LogP contribution is 2.28. The summed E-state index contributed by atoms with van der Waals surface area (Å²) in [5.74, 6) is 0.304. The van der Waals surface area contributed by atoms with E-state index in [1.54, 1.807) is 24.5 Å². The molecule has 0 aliphatic carbocycles. The largest absolute Gasteiger partial charge is 0.417 e. The Bertz CT molecular complexity index is 877. The number of nitrogens with zero attached hydrogens (tertiary/aromatic N) is 4. The van der Waals surface area contributed by atoms with Gasteiger partial charge in [0.15, 0.2) is 5.82 Å². The Morgan fingerprint density at radius 2 is 1.88 bits per heavy atom. The molecule has 0 aliphatic rings.